The van der Waals surface area contributed by atoms with E-state index in [1.807, 2.05) is 0 Å². The van der Waals surface area contributed by atoms with Gasteiger partial charge in [-0.05, 0) is 12.1 Å². The molecule has 5 nitrogen and oxygen atoms in total. The third kappa shape index (κ3) is 1.84. The molecule has 0 radical (unpaired) electrons. The van der Waals surface area contributed by atoms with Crippen LogP contribution in [0, 0.1) is 0 Å². The SMILES string of the molecule is O=C1C[C@H](c2ccc[nH]c2=O)O[C@@H]1CO. The molecule has 1 aliphatic heterocycles. The van der Waals surface area contributed by atoms with Gasteiger partial charge >= 0.3 is 0 Å². The van der Waals surface area contributed by atoms with E-state index in [1.54, 1.807) is 12.1 Å². The Morgan fingerprint density at radius 2 is 2.33 bits per heavy atom. The van der Waals surface area contributed by atoms with Crippen LogP contribution >= 0.6 is 0 Å². The van der Waals surface area contributed by atoms with E-state index >= 15 is 0 Å². The first kappa shape index (κ1) is 10.1. The summed E-state index contributed by atoms with van der Waals surface area (Å²) in [5.41, 5.74) is 0.177. The first-order valence-electron chi connectivity index (χ1n) is 4.69. The van der Waals surface area contributed by atoms with E-state index in [0.717, 1.165) is 0 Å². The predicted octanol–water partition coefficient (Wildman–Crippen LogP) is -0.234. The molecule has 2 atom stereocenters. The van der Waals surface area contributed by atoms with Gasteiger partial charge in [0.2, 0.25) is 0 Å². The minimum Gasteiger partial charge on any atom is -0.393 e. The summed E-state index contributed by atoms with van der Waals surface area (Å²) in [5.74, 6) is -0.161. The Morgan fingerprint density at radius 3 is 2.93 bits per heavy atom. The highest BCUT2D eigenvalue weighted by Gasteiger charge is 2.34. The summed E-state index contributed by atoms with van der Waals surface area (Å²) < 4.78 is 5.27. The highest BCUT2D eigenvalue weighted by molar-refractivity contribution is 5.85. The second-order valence-electron chi connectivity index (χ2n) is 3.42. The van der Waals surface area contributed by atoms with Crippen molar-refractivity contribution in [1.82, 2.24) is 4.98 Å². The molecular weight excluding hydrogens is 198 g/mol. The van der Waals surface area contributed by atoms with E-state index in [0.29, 0.717) is 5.56 Å². The number of carbonyl (C=O) groups excluding carboxylic acids is 1. The number of aromatic amines is 1. The maximum atomic E-state index is 11.4. The maximum absolute atomic E-state index is 11.4. The number of carbonyl (C=O) groups is 1. The van der Waals surface area contributed by atoms with Gasteiger partial charge in [0.05, 0.1) is 12.7 Å². The summed E-state index contributed by atoms with van der Waals surface area (Å²) in [6.07, 6.45) is 0.360. The Kier molecular flexibility index (Phi) is 2.66. The molecular formula is C10H11NO4. The number of nitrogens with one attached hydrogen (secondary N) is 1. The van der Waals surface area contributed by atoms with Crippen molar-refractivity contribution in [3.63, 3.8) is 0 Å². The van der Waals surface area contributed by atoms with Gasteiger partial charge in [0.1, 0.15) is 6.10 Å². The summed E-state index contributed by atoms with van der Waals surface area (Å²) in [5, 5.41) is 8.84. The number of aliphatic hydroxyl groups excluding tert-OH is 1. The quantitative estimate of drug-likeness (QED) is 0.705. The lowest BCUT2D eigenvalue weighted by molar-refractivity contribution is -0.124. The summed E-state index contributed by atoms with van der Waals surface area (Å²) in [7, 11) is 0. The van der Waals surface area contributed by atoms with Gasteiger partial charge in [0, 0.05) is 18.2 Å². The van der Waals surface area contributed by atoms with Crippen molar-refractivity contribution in [2.24, 2.45) is 0 Å². The van der Waals surface area contributed by atoms with E-state index in [4.69, 9.17) is 9.84 Å². The molecule has 5 heteroatoms. The second kappa shape index (κ2) is 3.96. The predicted molar refractivity (Wildman–Crippen MR) is 51.4 cm³/mol. The highest BCUT2D eigenvalue weighted by atomic mass is 16.5. The lowest BCUT2D eigenvalue weighted by Gasteiger charge is -2.09. The summed E-state index contributed by atoms with van der Waals surface area (Å²) in [6.45, 7) is -0.333. The van der Waals surface area contributed by atoms with Crippen molar-refractivity contribution in [3.8, 4) is 0 Å². The number of pyridine rings is 1. The van der Waals surface area contributed by atoms with Crippen LogP contribution < -0.4 is 5.56 Å². The van der Waals surface area contributed by atoms with Crippen LogP contribution in [0.2, 0.25) is 0 Å². The van der Waals surface area contributed by atoms with Gasteiger partial charge < -0.3 is 14.8 Å². The number of H-pyrrole nitrogens is 1. The molecule has 1 aliphatic rings. The molecule has 2 heterocycles. The lowest BCUT2D eigenvalue weighted by Crippen LogP contribution is -2.20. The zero-order valence-electron chi connectivity index (χ0n) is 7.97. The Labute approximate surface area is 85.7 Å². The Morgan fingerprint density at radius 1 is 1.53 bits per heavy atom. The van der Waals surface area contributed by atoms with Crippen LogP contribution in [-0.2, 0) is 9.53 Å². The number of aliphatic hydroxyl groups is 1. The third-order valence-corrected chi connectivity index (χ3v) is 2.44. The molecule has 15 heavy (non-hydrogen) atoms. The largest absolute Gasteiger partial charge is 0.393 e. The van der Waals surface area contributed by atoms with Crippen LogP contribution in [0.3, 0.4) is 0 Å². The second-order valence-corrected chi connectivity index (χ2v) is 3.42. The molecule has 0 spiro atoms. The first-order valence-corrected chi connectivity index (χ1v) is 4.69. The number of ether oxygens (including phenoxy) is 1. The number of ketones is 1. The molecule has 1 saturated heterocycles. The van der Waals surface area contributed by atoms with Crippen LogP contribution in [0.25, 0.3) is 0 Å². The van der Waals surface area contributed by atoms with Crippen molar-refractivity contribution in [1.29, 1.82) is 0 Å². The zero-order valence-corrected chi connectivity index (χ0v) is 7.97. The molecule has 1 aromatic rings. The molecule has 1 aromatic heterocycles. The molecule has 2 rings (SSSR count). The van der Waals surface area contributed by atoms with E-state index in [2.05, 4.69) is 4.98 Å². The summed E-state index contributed by atoms with van der Waals surface area (Å²) >= 11 is 0. The van der Waals surface area contributed by atoms with Gasteiger partial charge in [-0.1, -0.05) is 0 Å². The zero-order chi connectivity index (χ0) is 10.8. The molecule has 0 unspecified atom stereocenters. The standard InChI is InChI=1S/C10H11NO4/c12-5-9-7(13)4-8(15-9)6-2-1-3-11-10(6)14/h1-3,8-9,12H,4-5H2,(H,11,14)/t8-,9-/m1/s1. The van der Waals surface area contributed by atoms with Gasteiger partial charge in [-0.25, -0.2) is 0 Å². The molecule has 0 aliphatic carbocycles. The number of rotatable bonds is 2. The van der Waals surface area contributed by atoms with Crippen LogP contribution in [0.1, 0.15) is 18.1 Å². The van der Waals surface area contributed by atoms with Crippen molar-refractivity contribution < 1.29 is 14.6 Å². The fourth-order valence-corrected chi connectivity index (χ4v) is 1.65. The number of aromatic nitrogens is 1. The van der Waals surface area contributed by atoms with Gasteiger partial charge in [0.25, 0.3) is 5.56 Å². The van der Waals surface area contributed by atoms with E-state index in [9.17, 15) is 9.59 Å². The van der Waals surface area contributed by atoms with Gasteiger partial charge in [-0.2, -0.15) is 0 Å². The first-order chi connectivity index (χ1) is 7.22. The van der Waals surface area contributed by atoms with Gasteiger partial charge in [0.15, 0.2) is 5.78 Å². The highest BCUT2D eigenvalue weighted by Crippen LogP contribution is 2.27. The number of hydrogen-bond acceptors (Lipinski definition) is 4. The number of Topliss-reactive ketones (excluding diaryl/α,β-unsaturated/α-hetero) is 1. The van der Waals surface area contributed by atoms with Crippen LogP contribution in [-0.4, -0.2) is 28.6 Å². The summed E-state index contributed by atoms with van der Waals surface area (Å²) in [6, 6.07) is 3.30. The van der Waals surface area contributed by atoms with E-state index < -0.39 is 12.2 Å². The molecule has 80 valence electrons. The lowest BCUT2D eigenvalue weighted by atomic mass is 10.1. The fourth-order valence-electron chi connectivity index (χ4n) is 1.65. The minimum atomic E-state index is -0.783. The topological polar surface area (TPSA) is 79.4 Å². The van der Waals surface area contributed by atoms with Crippen molar-refractivity contribution in [2.45, 2.75) is 18.6 Å². The Balaban J connectivity index is 2.25. The summed E-state index contributed by atoms with van der Waals surface area (Å²) in [4.78, 5) is 25.2. The van der Waals surface area contributed by atoms with Crippen molar-refractivity contribution in [2.75, 3.05) is 6.61 Å². The van der Waals surface area contributed by atoms with E-state index in [-0.39, 0.29) is 24.4 Å². The van der Waals surface area contributed by atoms with Crippen molar-refractivity contribution >= 4 is 5.78 Å². The average Bonchev–Trinajstić information content (AvgIpc) is 2.60. The molecule has 0 saturated carbocycles. The molecule has 0 amide bonds. The third-order valence-electron chi connectivity index (χ3n) is 2.44. The Bertz CT molecular complexity index is 425. The molecule has 2 N–H and O–H groups in total. The van der Waals surface area contributed by atoms with Crippen LogP contribution in [0.15, 0.2) is 23.1 Å². The van der Waals surface area contributed by atoms with Crippen molar-refractivity contribution in [3.05, 3.63) is 34.2 Å². The molecule has 0 bridgehead atoms. The smallest absolute Gasteiger partial charge is 0.253 e. The normalized spacial score (nSPS) is 25.8. The Hall–Kier alpha value is -1.46. The minimum absolute atomic E-state index is 0.151. The van der Waals surface area contributed by atoms with Gasteiger partial charge in [-0.15, -0.1) is 0 Å². The average molecular weight is 209 g/mol. The monoisotopic (exact) mass is 209 g/mol. The maximum Gasteiger partial charge on any atom is 0.253 e. The van der Waals surface area contributed by atoms with Gasteiger partial charge in [-0.3, -0.25) is 9.59 Å². The molecule has 1 fully saturated rings. The van der Waals surface area contributed by atoms with E-state index in [1.165, 1.54) is 6.20 Å². The molecule has 0 aromatic carbocycles. The van der Waals surface area contributed by atoms with Crippen LogP contribution in [0.4, 0.5) is 0 Å². The number of hydrogen-bond donors (Lipinski definition) is 2. The van der Waals surface area contributed by atoms with Crippen LogP contribution in [0.5, 0.6) is 0 Å². The fraction of sp³-hybridized carbons (Fsp3) is 0.400.